The Morgan fingerprint density at radius 2 is 1.89 bits per heavy atom. The first-order chi connectivity index (χ1) is 12.7. The van der Waals surface area contributed by atoms with E-state index < -0.39 is 0 Å². The predicted octanol–water partition coefficient (Wildman–Crippen LogP) is 5.76. The number of benzene rings is 2. The fraction of sp³-hybridized carbons (Fsp3) is 0.238. The summed E-state index contributed by atoms with van der Waals surface area (Å²) in [5.41, 5.74) is 6.99. The van der Waals surface area contributed by atoms with Crippen LogP contribution in [0.25, 0.3) is 21.9 Å². The van der Waals surface area contributed by atoms with Gasteiger partial charge in [-0.1, -0.05) is 31.0 Å². The molecule has 0 aliphatic rings. The standard InChI is InChI=1S/C21H21ClN4.ClH.H2O/c1-3-4-5-14-6-7-15(11-16(14)22)26-19-10-13(2)25-17-8-9-18-21(20(17)19)24-12-23-18;;/h6-12H,3-5H2,1-2H3,(H,23,24)(H,25,26);1H;1H2. The number of nitrogens with zero attached hydrogens (tertiary/aromatic N) is 2. The Morgan fingerprint density at radius 3 is 2.64 bits per heavy atom. The zero-order valence-electron chi connectivity index (χ0n) is 15.8. The molecule has 148 valence electrons. The van der Waals surface area contributed by atoms with Gasteiger partial charge in [-0.25, -0.2) is 4.98 Å². The molecule has 2 heterocycles. The molecule has 0 radical (unpaired) electrons. The van der Waals surface area contributed by atoms with E-state index in [4.69, 9.17) is 11.6 Å². The summed E-state index contributed by atoms with van der Waals surface area (Å²) in [7, 11) is 0. The van der Waals surface area contributed by atoms with Crippen molar-refractivity contribution in [2.24, 2.45) is 0 Å². The van der Waals surface area contributed by atoms with Gasteiger partial charge in [0, 0.05) is 21.8 Å². The smallest absolute Gasteiger partial charge is 0.0932 e. The van der Waals surface area contributed by atoms with Crippen molar-refractivity contribution in [2.45, 2.75) is 33.1 Å². The van der Waals surface area contributed by atoms with Gasteiger partial charge < -0.3 is 15.8 Å². The zero-order chi connectivity index (χ0) is 18.1. The Bertz CT molecular complexity index is 1090. The van der Waals surface area contributed by atoms with E-state index in [-0.39, 0.29) is 17.9 Å². The molecule has 0 aliphatic carbocycles. The summed E-state index contributed by atoms with van der Waals surface area (Å²) < 4.78 is 0. The van der Waals surface area contributed by atoms with Crippen molar-refractivity contribution in [3.05, 3.63) is 59.0 Å². The topological polar surface area (TPSA) is 85.1 Å². The molecule has 2 aromatic heterocycles. The number of halogens is 2. The molecule has 0 amide bonds. The van der Waals surface area contributed by atoms with E-state index in [0.717, 1.165) is 56.9 Å². The number of aromatic nitrogens is 3. The number of pyridine rings is 1. The van der Waals surface area contributed by atoms with E-state index in [1.807, 2.05) is 25.1 Å². The number of nitrogens with one attached hydrogen (secondary N) is 2. The minimum absolute atomic E-state index is 0. The van der Waals surface area contributed by atoms with Gasteiger partial charge in [0.05, 0.1) is 28.6 Å². The molecule has 28 heavy (non-hydrogen) atoms. The molecule has 7 heteroatoms. The number of H-pyrrole nitrogens is 1. The lowest BCUT2D eigenvalue weighted by Crippen LogP contribution is -1.96. The van der Waals surface area contributed by atoms with Gasteiger partial charge in [-0.15, -0.1) is 12.4 Å². The van der Waals surface area contributed by atoms with Crippen LogP contribution in [0.3, 0.4) is 0 Å². The molecular formula is C21H24Cl2N4O. The van der Waals surface area contributed by atoms with Gasteiger partial charge in [-0.05, 0) is 55.7 Å². The molecule has 0 unspecified atom stereocenters. The van der Waals surface area contributed by atoms with Crippen LogP contribution in [-0.2, 0) is 6.42 Å². The van der Waals surface area contributed by atoms with Crippen LogP contribution in [0.5, 0.6) is 0 Å². The maximum atomic E-state index is 6.49. The first kappa shape index (κ1) is 22.0. The number of aryl methyl sites for hydroxylation is 2. The number of aromatic amines is 1. The summed E-state index contributed by atoms with van der Waals surface area (Å²) in [5.74, 6) is 0. The quantitative estimate of drug-likeness (QED) is 0.432. The van der Waals surface area contributed by atoms with Crippen LogP contribution < -0.4 is 5.32 Å². The Balaban J connectivity index is 0.00000140. The van der Waals surface area contributed by atoms with Crippen molar-refractivity contribution in [1.82, 2.24) is 15.0 Å². The minimum Gasteiger partial charge on any atom is -0.412 e. The van der Waals surface area contributed by atoms with E-state index >= 15 is 0 Å². The average molecular weight is 419 g/mol. The molecule has 0 saturated heterocycles. The van der Waals surface area contributed by atoms with Crippen molar-refractivity contribution in [3.63, 3.8) is 0 Å². The summed E-state index contributed by atoms with van der Waals surface area (Å²) in [6.07, 6.45) is 5.05. The van der Waals surface area contributed by atoms with Crippen LogP contribution in [0, 0.1) is 6.92 Å². The van der Waals surface area contributed by atoms with Crippen molar-refractivity contribution >= 4 is 57.3 Å². The molecule has 0 aliphatic heterocycles. The fourth-order valence-corrected chi connectivity index (χ4v) is 3.59. The molecular weight excluding hydrogens is 395 g/mol. The highest BCUT2D eigenvalue weighted by Crippen LogP contribution is 2.32. The molecule has 0 bridgehead atoms. The van der Waals surface area contributed by atoms with Crippen LogP contribution in [-0.4, -0.2) is 20.4 Å². The molecule has 5 nitrogen and oxygen atoms in total. The van der Waals surface area contributed by atoms with E-state index in [2.05, 4.69) is 45.4 Å². The molecule has 2 aromatic carbocycles. The molecule has 0 atom stereocenters. The van der Waals surface area contributed by atoms with Crippen LogP contribution in [0.1, 0.15) is 31.0 Å². The van der Waals surface area contributed by atoms with Gasteiger partial charge in [0.2, 0.25) is 0 Å². The normalized spacial score (nSPS) is 10.5. The first-order valence-corrected chi connectivity index (χ1v) is 9.32. The van der Waals surface area contributed by atoms with Gasteiger partial charge >= 0.3 is 0 Å². The minimum atomic E-state index is 0. The molecule has 4 N–H and O–H groups in total. The number of hydrogen-bond donors (Lipinski definition) is 2. The second kappa shape index (κ2) is 9.24. The summed E-state index contributed by atoms with van der Waals surface area (Å²) in [6.45, 7) is 4.19. The number of imidazole rings is 1. The van der Waals surface area contributed by atoms with Crippen molar-refractivity contribution < 1.29 is 5.48 Å². The highest BCUT2D eigenvalue weighted by atomic mass is 35.5. The van der Waals surface area contributed by atoms with Crippen molar-refractivity contribution in [3.8, 4) is 0 Å². The van der Waals surface area contributed by atoms with Crippen molar-refractivity contribution in [2.75, 3.05) is 5.32 Å². The van der Waals surface area contributed by atoms with Crippen LogP contribution in [0.15, 0.2) is 42.7 Å². The van der Waals surface area contributed by atoms with Crippen LogP contribution >= 0.6 is 24.0 Å². The third kappa shape index (κ3) is 4.22. The van der Waals surface area contributed by atoms with Gasteiger partial charge in [0.1, 0.15) is 0 Å². The predicted molar refractivity (Wildman–Crippen MR) is 120 cm³/mol. The number of unbranched alkanes of at least 4 members (excludes halogenated alkanes) is 1. The third-order valence-corrected chi connectivity index (χ3v) is 4.98. The van der Waals surface area contributed by atoms with Gasteiger partial charge in [-0.2, -0.15) is 0 Å². The molecule has 0 saturated carbocycles. The van der Waals surface area contributed by atoms with Crippen molar-refractivity contribution in [1.29, 1.82) is 0 Å². The van der Waals surface area contributed by atoms with Crippen LogP contribution in [0.2, 0.25) is 5.02 Å². The fourth-order valence-electron chi connectivity index (χ4n) is 3.32. The first-order valence-electron chi connectivity index (χ1n) is 8.94. The zero-order valence-corrected chi connectivity index (χ0v) is 17.4. The van der Waals surface area contributed by atoms with E-state index in [0.29, 0.717) is 0 Å². The van der Waals surface area contributed by atoms with E-state index in [9.17, 15) is 0 Å². The lowest BCUT2D eigenvalue weighted by molar-refractivity contribution is 0.795. The largest absolute Gasteiger partial charge is 0.412 e. The second-order valence-corrected chi connectivity index (χ2v) is 7.01. The number of rotatable bonds is 5. The number of hydrogen-bond acceptors (Lipinski definition) is 3. The summed E-state index contributed by atoms with van der Waals surface area (Å²) >= 11 is 6.49. The Labute approximate surface area is 175 Å². The highest BCUT2D eigenvalue weighted by Gasteiger charge is 2.11. The number of anilines is 2. The molecule has 0 fully saturated rings. The van der Waals surface area contributed by atoms with Gasteiger partial charge in [0.15, 0.2) is 0 Å². The highest BCUT2D eigenvalue weighted by molar-refractivity contribution is 6.31. The Kier molecular flexibility index (Phi) is 7.24. The lowest BCUT2D eigenvalue weighted by Gasteiger charge is -2.13. The monoisotopic (exact) mass is 418 g/mol. The maximum absolute atomic E-state index is 6.49. The lowest BCUT2D eigenvalue weighted by atomic mass is 10.1. The van der Waals surface area contributed by atoms with Gasteiger partial charge in [-0.3, -0.25) is 4.98 Å². The average Bonchev–Trinajstić information content (AvgIpc) is 3.09. The summed E-state index contributed by atoms with van der Waals surface area (Å²) in [6, 6.07) is 12.3. The molecule has 4 aromatic rings. The number of fused-ring (bicyclic) bond motifs is 3. The van der Waals surface area contributed by atoms with Crippen LogP contribution in [0.4, 0.5) is 11.4 Å². The van der Waals surface area contributed by atoms with Gasteiger partial charge in [0.25, 0.3) is 0 Å². The summed E-state index contributed by atoms with van der Waals surface area (Å²) in [4.78, 5) is 12.3. The molecule has 4 rings (SSSR count). The second-order valence-electron chi connectivity index (χ2n) is 6.60. The Hall–Kier alpha value is -2.34. The maximum Gasteiger partial charge on any atom is 0.0932 e. The third-order valence-electron chi connectivity index (χ3n) is 4.62. The summed E-state index contributed by atoms with van der Waals surface area (Å²) in [5, 5.41) is 5.37. The SMILES string of the molecule is CCCCc1ccc(Nc2cc(C)nc3ccc4nc[nH]c4c23)cc1Cl.Cl.O. The molecule has 0 spiro atoms. The van der Waals surface area contributed by atoms with E-state index in [1.54, 1.807) is 6.33 Å². The Morgan fingerprint density at radius 1 is 1.11 bits per heavy atom. The van der Waals surface area contributed by atoms with E-state index in [1.165, 1.54) is 12.0 Å².